The van der Waals surface area contributed by atoms with Crippen LogP contribution in [0.15, 0.2) is 18.2 Å². The van der Waals surface area contributed by atoms with Crippen LogP contribution in [-0.4, -0.2) is 38.0 Å². The largest absolute Gasteiger partial charge is 0.508 e. The molecule has 0 saturated carbocycles. The van der Waals surface area contributed by atoms with Crippen LogP contribution in [0, 0.1) is 6.92 Å². The van der Waals surface area contributed by atoms with Crippen molar-refractivity contribution < 1.29 is 19.7 Å². The van der Waals surface area contributed by atoms with Crippen LogP contribution in [0.25, 0.3) is 21.5 Å². The number of aromatic hydroxyl groups is 2. The van der Waals surface area contributed by atoms with Gasteiger partial charge in [0, 0.05) is 35.6 Å². The van der Waals surface area contributed by atoms with E-state index in [0.29, 0.717) is 11.5 Å². The normalized spacial score (nSPS) is 13.5. The summed E-state index contributed by atoms with van der Waals surface area (Å²) in [6.45, 7) is 2.85. The lowest BCUT2D eigenvalue weighted by atomic mass is 9.87. The molecule has 1 aliphatic rings. The SMILES string of the molecule is COc1c(O)c2c3c(c(C)c4cc(O)ccc4c3c1OC)N(C)CC2. The molecule has 5 nitrogen and oxygen atoms in total. The Morgan fingerprint density at radius 2 is 1.72 bits per heavy atom. The molecule has 130 valence electrons. The average Bonchev–Trinajstić information content (AvgIpc) is 2.60. The van der Waals surface area contributed by atoms with Crippen LogP contribution in [0.5, 0.6) is 23.0 Å². The highest BCUT2D eigenvalue weighted by atomic mass is 16.5. The molecule has 0 radical (unpaired) electrons. The summed E-state index contributed by atoms with van der Waals surface area (Å²) in [5, 5.41) is 24.6. The summed E-state index contributed by atoms with van der Waals surface area (Å²) in [5.74, 6) is 1.26. The van der Waals surface area contributed by atoms with Gasteiger partial charge in [0.1, 0.15) is 5.75 Å². The van der Waals surface area contributed by atoms with Crippen molar-refractivity contribution in [1.82, 2.24) is 0 Å². The monoisotopic (exact) mass is 339 g/mol. The van der Waals surface area contributed by atoms with Crippen molar-refractivity contribution in [1.29, 1.82) is 0 Å². The maximum atomic E-state index is 10.8. The van der Waals surface area contributed by atoms with E-state index in [0.717, 1.165) is 51.3 Å². The van der Waals surface area contributed by atoms with Crippen LogP contribution >= 0.6 is 0 Å². The molecule has 3 aromatic rings. The molecule has 0 aliphatic carbocycles. The fourth-order valence-corrected chi connectivity index (χ4v) is 4.13. The summed E-state index contributed by atoms with van der Waals surface area (Å²) in [4.78, 5) is 2.19. The average molecular weight is 339 g/mol. The Bertz CT molecular complexity index is 1030. The lowest BCUT2D eigenvalue weighted by Crippen LogP contribution is -2.25. The number of likely N-dealkylation sites (N-methyl/N-ethyl adjacent to an activating group) is 1. The molecule has 0 amide bonds. The van der Waals surface area contributed by atoms with Gasteiger partial charge in [-0.05, 0) is 47.9 Å². The first-order valence-corrected chi connectivity index (χ1v) is 8.25. The fraction of sp³-hybridized carbons (Fsp3) is 0.300. The number of phenolic OH excluding ortho intramolecular Hbond substituents is 2. The Balaban J connectivity index is 2.37. The second-order valence-electron chi connectivity index (χ2n) is 6.52. The topological polar surface area (TPSA) is 62.2 Å². The molecule has 0 atom stereocenters. The number of hydrogen-bond donors (Lipinski definition) is 2. The highest BCUT2D eigenvalue weighted by molar-refractivity contribution is 6.20. The van der Waals surface area contributed by atoms with E-state index in [9.17, 15) is 10.2 Å². The van der Waals surface area contributed by atoms with Crippen molar-refractivity contribution in [2.75, 3.05) is 32.7 Å². The van der Waals surface area contributed by atoms with Crippen molar-refractivity contribution in [3.05, 3.63) is 29.3 Å². The number of ether oxygens (including phenoxy) is 2. The smallest absolute Gasteiger partial charge is 0.204 e. The standard InChI is InChI=1S/C20H21NO4/c1-10-14-9-11(22)5-6-12(14)16-15-13(7-8-21(2)17(10)15)18(23)20(25-4)19(16)24-3/h5-6,9,22-23H,7-8H2,1-4H3. The first-order valence-electron chi connectivity index (χ1n) is 8.25. The molecule has 1 heterocycles. The Morgan fingerprint density at radius 3 is 2.40 bits per heavy atom. The van der Waals surface area contributed by atoms with E-state index < -0.39 is 0 Å². The number of rotatable bonds is 2. The van der Waals surface area contributed by atoms with E-state index in [-0.39, 0.29) is 11.5 Å². The number of anilines is 1. The van der Waals surface area contributed by atoms with Gasteiger partial charge in [-0.2, -0.15) is 0 Å². The van der Waals surface area contributed by atoms with E-state index in [1.165, 1.54) is 7.11 Å². The molecule has 0 fully saturated rings. The van der Waals surface area contributed by atoms with Crippen LogP contribution in [0.2, 0.25) is 0 Å². The van der Waals surface area contributed by atoms with Gasteiger partial charge in [-0.1, -0.05) is 0 Å². The van der Waals surface area contributed by atoms with E-state index >= 15 is 0 Å². The van der Waals surface area contributed by atoms with E-state index in [4.69, 9.17) is 9.47 Å². The molecule has 0 bridgehead atoms. The van der Waals surface area contributed by atoms with E-state index in [1.54, 1.807) is 19.2 Å². The molecule has 0 unspecified atom stereocenters. The molecule has 25 heavy (non-hydrogen) atoms. The minimum Gasteiger partial charge on any atom is -0.508 e. The highest BCUT2D eigenvalue weighted by Gasteiger charge is 2.29. The molecule has 0 spiro atoms. The van der Waals surface area contributed by atoms with Gasteiger partial charge in [-0.25, -0.2) is 0 Å². The van der Waals surface area contributed by atoms with Gasteiger partial charge < -0.3 is 24.6 Å². The second kappa shape index (κ2) is 5.34. The van der Waals surface area contributed by atoms with Crippen molar-refractivity contribution in [2.45, 2.75) is 13.3 Å². The van der Waals surface area contributed by atoms with Crippen LogP contribution in [0.3, 0.4) is 0 Å². The third-order valence-electron chi connectivity index (χ3n) is 5.24. The molecular formula is C20H21NO4. The van der Waals surface area contributed by atoms with Gasteiger partial charge in [-0.15, -0.1) is 0 Å². The van der Waals surface area contributed by atoms with E-state index in [2.05, 4.69) is 11.8 Å². The van der Waals surface area contributed by atoms with Crippen molar-refractivity contribution in [3.63, 3.8) is 0 Å². The summed E-state index contributed by atoms with van der Waals surface area (Å²) in [6, 6.07) is 5.35. The van der Waals surface area contributed by atoms with Gasteiger partial charge in [0.05, 0.1) is 14.2 Å². The Morgan fingerprint density at radius 1 is 1.00 bits per heavy atom. The van der Waals surface area contributed by atoms with Gasteiger partial charge in [0.2, 0.25) is 5.75 Å². The summed E-state index contributed by atoms with van der Waals surface area (Å²) < 4.78 is 11.1. The van der Waals surface area contributed by atoms with Gasteiger partial charge >= 0.3 is 0 Å². The first kappa shape index (κ1) is 15.7. The maximum Gasteiger partial charge on any atom is 0.204 e. The van der Waals surface area contributed by atoms with Gasteiger partial charge in [-0.3, -0.25) is 0 Å². The summed E-state index contributed by atoms with van der Waals surface area (Å²) >= 11 is 0. The number of nitrogens with zero attached hydrogens (tertiary/aromatic N) is 1. The van der Waals surface area contributed by atoms with E-state index in [1.807, 2.05) is 13.1 Å². The zero-order valence-electron chi connectivity index (χ0n) is 14.8. The quantitative estimate of drug-likeness (QED) is 0.697. The minimum atomic E-state index is 0.152. The Kier molecular flexibility index (Phi) is 3.35. The zero-order chi connectivity index (χ0) is 17.9. The minimum absolute atomic E-state index is 0.152. The van der Waals surface area contributed by atoms with Crippen LogP contribution in [0.4, 0.5) is 5.69 Å². The molecule has 4 rings (SSSR count). The lowest BCUT2D eigenvalue weighted by Gasteiger charge is -2.32. The molecule has 5 heteroatoms. The third-order valence-corrected chi connectivity index (χ3v) is 5.24. The number of aryl methyl sites for hydroxylation is 1. The zero-order valence-corrected chi connectivity index (χ0v) is 14.8. The van der Waals surface area contributed by atoms with Crippen molar-refractivity contribution in [3.8, 4) is 23.0 Å². The van der Waals surface area contributed by atoms with Crippen molar-refractivity contribution >= 4 is 27.2 Å². The summed E-state index contributed by atoms with van der Waals surface area (Å²) in [6.07, 6.45) is 0.731. The number of benzene rings is 3. The maximum absolute atomic E-state index is 10.8. The molecule has 0 saturated heterocycles. The van der Waals surface area contributed by atoms with Crippen LogP contribution < -0.4 is 14.4 Å². The van der Waals surface area contributed by atoms with Crippen molar-refractivity contribution in [2.24, 2.45) is 0 Å². The highest BCUT2D eigenvalue weighted by Crippen LogP contribution is 2.53. The second-order valence-corrected chi connectivity index (χ2v) is 6.52. The number of phenols is 2. The van der Waals surface area contributed by atoms with Crippen LogP contribution in [0.1, 0.15) is 11.1 Å². The Labute approximate surface area is 146 Å². The first-order chi connectivity index (χ1) is 12.0. The predicted molar refractivity (Wildman–Crippen MR) is 99.6 cm³/mol. The Hall–Kier alpha value is -2.82. The van der Waals surface area contributed by atoms with Crippen LogP contribution in [-0.2, 0) is 6.42 Å². The number of fused-ring (bicyclic) bond motifs is 2. The molecule has 0 aromatic heterocycles. The lowest BCUT2D eigenvalue weighted by molar-refractivity contribution is 0.334. The summed E-state index contributed by atoms with van der Waals surface area (Å²) in [5.41, 5.74) is 3.03. The third kappa shape index (κ3) is 1.95. The fourth-order valence-electron chi connectivity index (χ4n) is 4.13. The molecule has 1 aliphatic heterocycles. The number of methoxy groups -OCH3 is 2. The predicted octanol–water partition coefficient (Wildman–Crippen LogP) is 3.72. The molecule has 2 N–H and O–H groups in total. The number of hydrogen-bond acceptors (Lipinski definition) is 5. The summed E-state index contributed by atoms with van der Waals surface area (Å²) in [7, 11) is 5.17. The van der Waals surface area contributed by atoms with Gasteiger partial charge in [0.25, 0.3) is 0 Å². The molecule has 3 aromatic carbocycles. The molecular weight excluding hydrogens is 318 g/mol. The van der Waals surface area contributed by atoms with Gasteiger partial charge in [0.15, 0.2) is 11.5 Å².